The number of benzene rings is 2. The predicted molar refractivity (Wildman–Crippen MR) is 132 cm³/mol. The average Bonchev–Trinajstić information content (AvgIpc) is 2.78. The van der Waals surface area contributed by atoms with E-state index in [1.54, 1.807) is 0 Å². The first kappa shape index (κ1) is 24.6. The number of morpholine rings is 1. The number of ether oxygens (including phenoxy) is 2. The molecule has 2 aromatic rings. The molecule has 3 N–H and O–H groups in total. The van der Waals surface area contributed by atoms with Gasteiger partial charge in [-0.15, -0.1) is 24.0 Å². The quantitative estimate of drug-likeness (QED) is 0.216. The fourth-order valence-corrected chi connectivity index (χ4v) is 3.18. The van der Waals surface area contributed by atoms with Crippen molar-refractivity contribution in [3.63, 3.8) is 0 Å². The first-order valence-electron chi connectivity index (χ1n) is 10.3. The van der Waals surface area contributed by atoms with Gasteiger partial charge in [-0.3, -0.25) is 4.90 Å². The Bertz CT molecular complexity index is 735. The van der Waals surface area contributed by atoms with E-state index in [2.05, 4.69) is 51.6 Å². The van der Waals surface area contributed by atoms with Crippen molar-refractivity contribution in [1.82, 2.24) is 10.2 Å². The largest absolute Gasteiger partial charge is 0.379 e. The number of guanidine groups is 1. The molecule has 7 heteroatoms. The maximum Gasteiger partial charge on any atom is 0.188 e. The molecule has 0 amide bonds. The molecule has 0 radical (unpaired) electrons. The molecule has 1 aliphatic rings. The summed E-state index contributed by atoms with van der Waals surface area (Å²) in [5.74, 6) is 0.502. The third kappa shape index (κ3) is 9.42. The average molecular weight is 524 g/mol. The number of nitrogens with two attached hydrogens (primary N) is 1. The van der Waals surface area contributed by atoms with Gasteiger partial charge in [-0.05, 0) is 29.7 Å². The fourth-order valence-electron chi connectivity index (χ4n) is 3.18. The highest BCUT2D eigenvalue weighted by atomic mass is 127. The summed E-state index contributed by atoms with van der Waals surface area (Å²) in [7, 11) is 0. The van der Waals surface area contributed by atoms with Crippen molar-refractivity contribution in [3.05, 3.63) is 71.3 Å². The number of nitrogens with one attached hydrogen (secondary N) is 1. The van der Waals surface area contributed by atoms with Gasteiger partial charge in [0.2, 0.25) is 0 Å². The Balaban J connectivity index is 0.00000320. The Labute approximate surface area is 196 Å². The zero-order valence-electron chi connectivity index (χ0n) is 17.5. The van der Waals surface area contributed by atoms with Gasteiger partial charge in [-0.1, -0.05) is 54.6 Å². The first-order chi connectivity index (χ1) is 14.3. The summed E-state index contributed by atoms with van der Waals surface area (Å²) in [4.78, 5) is 6.85. The third-order valence-corrected chi connectivity index (χ3v) is 4.90. The molecule has 6 nitrogen and oxygen atoms in total. The van der Waals surface area contributed by atoms with E-state index in [0.717, 1.165) is 56.9 Å². The van der Waals surface area contributed by atoms with E-state index >= 15 is 0 Å². The second kappa shape index (κ2) is 14.3. The van der Waals surface area contributed by atoms with Crippen LogP contribution in [0, 0.1) is 0 Å². The minimum atomic E-state index is 0. The summed E-state index contributed by atoms with van der Waals surface area (Å²) in [6.45, 7) is 7.44. The van der Waals surface area contributed by atoms with E-state index in [1.165, 1.54) is 5.56 Å². The topological polar surface area (TPSA) is 72.1 Å². The lowest BCUT2D eigenvalue weighted by atomic mass is 10.1. The molecule has 0 saturated carbocycles. The first-order valence-corrected chi connectivity index (χ1v) is 10.3. The normalized spacial score (nSPS) is 14.9. The number of rotatable bonds is 10. The van der Waals surface area contributed by atoms with Gasteiger partial charge in [-0.25, -0.2) is 4.99 Å². The van der Waals surface area contributed by atoms with Gasteiger partial charge in [0.15, 0.2) is 5.96 Å². The van der Waals surface area contributed by atoms with Crippen LogP contribution in [-0.2, 0) is 29.2 Å². The van der Waals surface area contributed by atoms with Crippen molar-refractivity contribution in [2.45, 2.75) is 26.2 Å². The van der Waals surface area contributed by atoms with E-state index in [0.29, 0.717) is 25.7 Å². The molecule has 2 aromatic carbocycles. The SMILES string of the molecule is I.NC(=NCc1ccc(COCc2ccccc2)cc1)NCCCN1CCOCC1. The summed E-state index contributed by atoms with van der Waals surface area (Å²) in [6, 6.07) is 18.5. The van der Waals surface area contributed by atoms with Crippen LogP contribution in [0.1, 0.15) is 23.1 Å². The van der Waals surface area contributed by atoms with Gasteiger partial charge in [0, 0.05) is 19.6 Å². The van der Waals surface area contributed by atoms with Crippen molar-refractivity contribution in [3.8, 4) is 0 Å². The molecule has 1 saturated heterocycles. The van der Waals surface area contributed by atoms with Crippen LogP contribution in [0.15, 0.2) is 59.6 Å². The van der Waals surface area contributed by atoms with Crippen LogP contribution in [0.2, 0.25) is 0 Å². The van der Waals surface area contributed by atoms with Crippen LogP contribution in [-0.4, -0.2) is 50.3 Å². The summed E-state index contributed by atoms with van der Waals surface area (Å²) >= 11 is 0. The minimum Gasteiger partial charge on any atom is -0.379 e. The van der Waals surface area contributed by atoms with Gasteiger partial charge >= 0.3 is 0 Å². The monoisotopic (exact) mass is 524 g/mol. The zero-order valence-corrected chi connectivity index (χ0v) is 19.8. The van der Waals surface area contributed by atoms with Crippen LogP contribution in [0.25, 0.3) is 0 Å². The second-order valence-electron chi connectivity index (χ2n) is 7.23. The summed E-state index contributed by atoms with van der Waals surface area (Å²) in [6.07, 6.45) is 1.05. The number of nitrogens with zero attached hydrogens (tertiary/aromatic N) is 2. The summed E-state index contributed by atoms with van der Waals surface area (Å²) in [5, 5.41) is 3.20. The molecule has 164 valence electrons. The number of halogens is 1. The van der Waals surface area contributed by atoms with Crippen LogP contribution in [0.4, 0.5) is 0 Å². The van der Waals surface area contributed by atoms with E-state index in [4.69, 9.17) is 15.2 Å². The smallest absolute Gasteiger partial charge is 0.188 e. The Kier molecular flexibility index (Phi) is 11.8. The van der Waals surface area contributed by atoms with E-state index in [-0.39, 0.29) is 24.0 Å². The van der Waals surface area contributed by atoms with Gasteiger partial charge in [0.25, 0.3) is 0 Å². The van der Waals surface area contributed by atoms with E-state index < -0.39 is 0 Å². The van der Waals surface area contributed by atoms with Crippen LogP contribution < -0.4 is 11.1 Å². The van der Waals surface area contributed by atoms with Crippen LogP contribution in [0.5, 0.6) is 0 Å². The molecule has 3 rings (SSSR count). The van der Waals surface area contributed by atoms with E-state index in [1.807, 2.05) is 18.2 Å². The van der Waals surface area contributed by atoms with Crippen molar-refractivity contribution >= 4 is 29.9 Å². The lowest BCUT2D eigenvalue weighted by molar-refractivity contribution is 0.0376. The lowest BCUT2D eigenvalue weighted by Crippen LogP contribution is -2.39. The fraction of sp³-hybridized carbons (Fsp3) is 0.435. The second-order valence-corrected chi connectivity index (χ2v) is 7.23. The molecule has 0 aliphatic carbocycles. The Morgan fingerprint density at radius 2 is 1.60 bits per heavy atom. The maximum atomic E-state index is 5.98. The standard InChI is InChI=1S/C23H32N4O2.HI/c24-23(25-11-4-12-27-13-15-28-16-14-27)26-17-20-7-9-22(10-8-20)19-29-18-21-5-2-1-3-6-21;/h1-3,5-10H,4,11-19H2,(H3,24,25,26);1H. The Morgan fingerprint density at radius 1 is 0.967 bits per heavy atom. The molecule has 0 atom stereocenters. The molecular weight excluding hydrogens is 491 g/mol. The Morgan fingerprint density at radius 3 is 2.30 bits per heavy atom. The third-order valence-electron chi connectivity index (χ3n) is 4.90. The predicted octanol–water partition coefficient (Wildman–Crippen LogP) is 3.15. The molecule has 0 aromatic heterocycles. The molecule has 0 bridgehead atoms. The molecule has 0 spiro atoms. The lowest BCUT2D eigenvalue weighted by Gasteiger charge is -2.26. The van der Waals surface area contributed by atoms with Crippen molar-refractivity contribution < 1.29 is 9.47 Å². The van der Waals surface area contributed by atoms with E-state index in [9.17, 15) is 0 Å². The molecule has 1 aliphatic heterocycles. The molecule has 0 unspecified atom stereocenters. The summed E-state index contributed by atoms with van der Waals surface area (Å²) in [5.41, 5.74) is 9.45. The van der Waals surface area contributed by atoms with Gasteiger partial charge < -0.3 is 20.5 Å². The van der Waals surface area contributed by atoms with Crippen LogP contribution >= 0.6 is 24.0 Å². The molecule has 1 fully saturated rings. The Hall–Kier alpha value is -1.68. The molecule has 1 heterocycles. The minimum absolute atomic E-state index is 0. The van der Waals surface area contributed by atoms with Crippen molar-refractivity contribution in [2.75, 3.05) is 39.4 Å². The van der Waals surface area contributed by atoms with Crippen molar-refractivity contribution in [1.29, 1.82) is 0 Å². The highest BCUT2D eigenvalue weighted by Crippen LogP contribution is 2.09. The van der Waals surface area contributed by atoms with Crippen molar-refractivity contribution in [2.24, 2.45) is 10.7 Å². The van der Waals surface area contributed by atoms with Gasteiger partial charge in [-0.2, -0.15) is 0 Å². The number of hydrogen-bond acceptors (Lipinski definition) is 4. The highest BCUT2D eigenvalue weighted by Gasteiger charge is 2.08. The number of aliphatic imine (C=N–C) groups is 1. The zero-order chi connectivity index (χ0) is 20.2. The number of hydrogen-bond donors (Lipinski definition) is 2. The van der Waals surface area contributed by atoms with Crippen LogP contribution in [0.3, 0.4) is 0 Å². The highest BCUT2D eigenvalue weighted by molar-refractivity contribution is 14.0. The molecular formula is C23H33IN4O2. The van der Waals surface area contributed by atoms with Gasteiger partial charge in [0.05, 0.1) is 33.0 Å². The summed E-state index contributed by atoms with van der Waals surface area (Å²) < 4.78 is 11.1. The maximum absolute atomic E-state index is 5.98. The molecule has 30 heavy (non-hydrogen) atoms. The van der Waals surface area contributed by atoms with Gasteiger partial charge in [0.1, 0.15) is 0 Å².